The standard InChI is InChI=1S/C25H26N2O4S/c1-27(20-9-5-6-10-20)32(29,30)22-17-15-19(16-18-22)25(28)26-23-13-7-8-14-24(23)31-21-11-3-2-4-12-21/h2-4,7-8,11-18,20H,5-6,9-10H2,1H3,(H,26,28). The Labute approximate surface area is 188 Å². The molecule has 32 heavy (non-hydrogen) atoms. The summed E-state index contributed by atoms with van der Waals surface area (Å²) in [6.45, 7) is 0. The molecule has 1 aliphatic carbocycles. The zero-order valence-corrected chi connectivity index (χ0v) is 18.7. The van der Waals surface area contributed by atoms with Crippen LogP contribution in [0.2, 0.25) is 0 Å². The molecule has 166 valence electrons. The molecule has 0 bridgehead atoms. The lowest BCUT2D eigenvalue weighted by Gasteiger charge is -2.23. The van der Waals surface area contributed by atoms with Gasteiger partial charge in [0.2, 0.25) is 10.0 Å². The fourth-order valence-corrected chi connectivity index (χ4v) is 5.29. The molecule has 6 nitrogen and oxygen atoms in total. The maximum Gasteiger partial charge on any atom is 0.255 e. The third kappa shape index (κ3) is 4.84. The van der Waals surface area contributed by atoms with E-state index in [0.29, 0.717) is 22.7 Å². The molecule has 0 radical (unpaired) electrons. The zero-order chi connectivity index (χ0) is 22.6. The van der Waals surface area contributed by atoms with E-state index >= 15 is 0 Å². The fraction of sp³-hybridized carbons (Fsp3) is 0.240. The molecule has 1 amide bonds. The van der Waals surface area contributed by atoms with Gasteiger partial charge in [-0.3, -0.25) is 4.79 Å². The van der Waals surface area contributed by atoms with Gasteiger partial charge >= 0.3 is 0 Å². The molecule has 0 heterocycles. The minimum absolute atomic E-state index is 0.0455. The number of rotatable bonds is 7. The molecule has 0 aliphatic heterocycles. The van der Waals surface area contributed by atoms with Gasteiger partial charge in [0.15, 0.2) is 5.75 Å². The van der Waals surface area contributed by atoms with Crippen LogP contribution < -0.4 is 10.1 Å². The highest BCUT2D eigenvalue weighted by atomic mass is 32.2. The van der Waals surface area contributed by atoms with Crippen molar-refractivity contribution in [3.63, 3.8) is 0 Å². The van der Waals surface area contributed by atoms with Crippen molar-refractivity contribution in [1.82, 2.24) is 4.31 Å². The van der Waals surface area contributed by atoms with Crippen molar-refractivity contribution in [3.05, 3.63) is 84.4 Å². The van der Waals surface area contributed by atoms with Crippen LogP contribution in [0.15, 0.2) is 83.8 Å². The van der Waals surface area contributed by atoms with Crippen LogP contribution in [-0.4, -0.2) is 31.7 Å². The first kappa shape index (κ1) is 22.0. The molecular formula is C25H26N2O4S. The summed E-state index contributed by atoms with van der Waals surface area (Å²) >= 11 is 0. The van der Waals surface area contributed by atoms with Gasteiger partial charge in [0.05, 0.1) is 10.6 Å². The highest BCUT2D eigenvalue weighted by Gasteiger charge is 2.30. The molecule has 7 heteroatoms. The van der Waals surface area contributed by atoms with Crippen molar-refractivity contribution >= 4 is 21.6 Å². The molecule has 0 aromatic heterocycles. The predicted octanol–water partition coefficient (Wildman–Crippen LogP) is 5.29. The average Bonchev–Trinajstić information content (AvgIpc) is 3.35. The number of para-hydroxylation sites is 3. The predicted molar refractivity (Wildman–Crippen MR) is 125 cm³/mol. The number of carbonyl (C=O) groups is 1. The highest BCUT2D eigenvalue weighted by Crippen LogP contribution is 2.30. The monoisotopic (exact) mass is 450 g/mol. The average molecular weight is 451 g/mol. The molecule has 1 N–H and O–H groups in total. The summed E-state index contributed by atoms with van der Waals surface area (Å²) in [7, 11) is -1.95. The van der Waals surface area contributed by atoms with Crippen LogP contribution in [-0.2, 0) is 10.0 Å². The van der Waals surface area contributed by atoms with Gasteiger partial charge in [-0.15, -0.1) is 0 Å². The Kier molecular flexibility index (Phi) is 6.58. The molecular weight excluding hydrogens is 424 g/mol. The van der Waals surface area contributed by atoms with Gasteiger partial charge in [-0.2, -0.15) is 4.31 Å². The summed E-state index contributed by atoms with van der Waals surface area (Å²) in [5, 5.41) is 2.85. The van der Waals surface area contributed by atoms with E-state index in [1.807, 2.05) is 42.5 Å². The molecule has 1 fully saturated rings. The number of hydrogen-bond acceptors (Lipinski definition) is 4. The second kappa shape index (κ2) is 9.54. The number of nitrogens with one attached hydrogen (secondary N) is 1. The highest BCUT2D eigenvalue weighted by molar-refractivity contribution is 7.89. The largest absolute Gasteiger partial charge is 0.455 e. The third-order valence-electron chi connectivity index (χ3n) is 5.74. The SMILES string of the molecule is CN(C1CCCC1)S(=O)(=O)c1ccc(C(=O)Nc2ccccc2Oc2ccccc2)cc1. The minimum atomic E-state index is -3.58. The van der Waals surface area contributed by atoms with E-state index in [9.17, 15) is 13.2 Å². The fourth-order valence-electron chi connectivity index (χ4n) is 3.88. The second-order valence-electron chi connectivity index (χ2n) is 7.85. The first-order valence-electron chi connectivity index (χ1n) is 10.7. The number of sulfonamides is 1. The van der Waals surface area contributed by atoms with Crippen LogP contribution in [0, 0.1) is 0 Å². The maximum atomic E-state index is 12.9. The van der Waals surface area contributed by atoms with E-state index in [0.717, 1.165) is 25.7 Å². The Morgan fingerprint density at radius 2 is 1.53 bits per heavy atom. The van der Waals surface area contributed by atoms with Crippen molar-refractivity contribution in [1.29, 1.82) is 0 Å². The molecule has 4 rings (SSSR count). The Bertz CT molecular complexity index is 1170. The van der Waals surface area contributed by atoms with Gasteiger partial charge in [0.25, 0.3) is 5.91 Å². The quantitative estimate of drug-likeness (QED) is 0.530. The molecule has 0 unspecified atom stereocenters. The van der Waals surface area contributed by atoms with Gasteiger partial charge in [0, 0.05) is 18.7 Å². The molecule has 3 aromatic carbocycles. The van der Waals surface area contributed by atoms with Crippen molar-refractivity contribution in [2.75, 3.05) is 12.4 Å². The normalized spacial score (nSPS) is 14.4. The van der Waals surface area contributed by atoms with Crippen molar-refractivity contribution in [2.45, 2.75) is 36.6 Å². The summed E-state index contributed by atoms with van der Waals surface area (Å²) in [6.07, 6.45) is 3.89. The topological polar surface area (TPSA) is 75.7 Å². The Balaban J connectivity index is 1.48. The molecule has 0 spiro atoms. The first-order chi connectivity index (χ1) is 15.4. The van der Waals surface area contributed by atoms with E-state index in [1.165, 1.54) is 28.6 Å². The van der Waals surface area contributed by atoms with E-state index in [4.69, 9.17) is 4.74 Å². The van der Waals surface area contributed by atoms with E-state index in [1.54, 1.807) is 19.2 Å². The summed E-state index contributed by atoms with van der Waals surface area (Å²) < 4.78 is 33.2. The number of amides is 1. The number of ether oxygens (including phenoxy) is 1. The summed E-state index contributed by atoms with van der Waals surface area (Å²) in [6, 6.07) is 22.6. The van der Waals surface area contributed by atoms with Gasteiger partial charge in [-0.1, -0.05) is 43.2 Å². The lowest BCUT2D eigenvalue weighted by molar-refractivity contribution is 0.102. The van der Waals surface area contributed by atoms with Gasteiger partial charge < -0.3 is 10.1 Å². The molecule has 1 saturated carbocycles. The summed E-state index contributed by atoms with van der Waals surface area (Å²) in [4.78, 5) is 13.0. The van der Waals surface area contributed by atoms with Crippen LogP contribution in [0.4, 0.5) is 5.69 Å². The lowest BCUT2D eigenvalue weighted by Crippen LogP contribution is -2.35. The summed E-state index contributed by atoms with van der Waals surface area (Å²) in [5.74, 6) is 0.835. The number of benzene rings is 3. The van der Waals surface area contributed by atoms with E-state index in [2.05, 4.69) is 5.32 Å². The third-order valence-corrected chi connectivity index (χ3v) is 7.66. The first-order valence-corrected chi connectivity index (χ1v) is 12.1. The van der Waals surface area contributed by atoms with Crippen molar-refractivity contribution in [2.24, 2.45) is 0 Å². The van der Waals surface area contributed by atoms with E-state index in [-0.39, 0.29) is 16.8 Å². The lowest BCUT2D eigenvalue weighted by atomic mass is 10.2. The zero-order valence-electron chi connectivity index (χ0n) is 17.9. The van der Waals surface area contributed by atoms with Crippen LogP contribution in [0.3, 0.4) is 0 Å². The van der Waals surface area contributed by atoms with Crippen molar-refractivity contribution in [3.8, 4) is 11.5 Å². The number of anilines is 1. The smallest absolute Gasteiger partial charge is 0.255 e. The molecule has 0 saturated heterocycles. The van der Waals surface area contributed by atoms with Crippen LogP contribution in [0.1, 0.15) is 36.0 Å². The van der Waals surface area contributed by atoms with Gasteiger partial charge in [0.1, 0.15) is 5.75 Å². The number of hydrogen-bond donors (Lipinski definition) is 1. The Hall–Kier alpha value is -3.16. The Morgan fingerprint density at radius 3 is 2.22 bits per heavy atom. The Morgan fingerprint density at radius 1 is 0.906 bits per heavy atom. The maximum absolute atomic E-state index is 12.9. The van der Waals surface area contributed by atoms with Crippen molar-refractivity contribution < 1.29 is 17.9 Å². The van der Waals surface area contributed by atoms with Gasteiger partial charge in [-0.05, 0) is 61.4 Å². The van der Waals surface area contributed by atoms with Crippen LogP contribution in [0.5, 0.6) is 11.5 Å². The summed E-state index contributed by atoms with van der Waals surface area (Å²) in [5.41, 5.74) is 0.890. The second-order valence-corrected chi connectivity index (χ2v) is 9.85. The molecule has 1 aliphatic rings. The van der Waals surface area contributed by atoms with Crippen LogP contribution in [0.25, 0.3) is 0 Å². The molecule has 3 aromatic rings. The van der Waals surface area contributed by atoms with E-state index < -0.39 is 10.0 Å². The minimum Gasteiger partial charge on any atom is -0.455 e. The van der Waals surface area contributed by atoms with Gasteiger partial charge in [-0.25, -0.2) is 8.42 Å². The number of nitrogens with zero attached hydrogens (tertiary/aromatic N) is 1. The van der Waals surface area contributed by atoms with Crippen LogP contribution >= 0.6 is 0 Å². The number of carbonyl (C=O) groups excluding carboxylic acids is 1. The molecule has 0 atom stereocenters.